The molecule has 0 aromatic carbocycles. The summed E-state index contributed by atoms with van der Waals surface area (Å²) in [5, 5.41) is 3.60. The molecule has 2 fully saturated rings. The van der Waals surface area contributed by atoms with Crippen molar-refractivity contribution in [3.05, 3.63) is 0 Å². The van der Waals surface area contributed by atoms with Crippen molar-refractivity contribution in [2.75, 3.05) is 13.2 Å². The van der Waals surface area contributed by atoms with Crippen molar-refractivity contribution in [3.8, 4) is 0 Å². The van der Waals surface area contributed by atoms with E-state index in [1.165, 1.54) is 57.9 Å². The molecule has 82 valence electrons. The first kappa shape index (κ1) is 10.4. The molecule has 2 aliphatic heterocycles. The van der Waals surface area contributed by atoms with Crippen LogP contribution in [0.3, 0.4) is 0 Å². The van der Waals surface area contributed by atoms with Crippen LogP contribution in [0.2, 0.25) is 0 Å². The molecule has 0 spiro atoms. The molecule has 2 heteroatoms. The topological polar surface area (TPSA) is 21.3 Å². The molecule has 0 aromatic heterocycles. The van der Waals surface area contributed by atoms with Gasteiger partial charge in [-0.15, -0.1) is 0 Å². The molecule has 2 heterocycles. The Morgan fingerprint density at radius 2 is 1.93 bits per heavy atom. The highest BCUT2D eigenvalue weighted by Crippen LogP contribution is 2.20. The average molecular weight is 197 g/mol. The van der Waals surface area contributed by atoms with Crippen LogP contribution in [0.25, 0.3) is 0 Å². The number of ether oxygens (including phenoxy) is 1. The van der Waals surface area contributed by atoms with Crippen LogP contribution in [0.5, 0.6) is 0 Å². The highest BCUT2D eigenvalue weighted by Gasteiger charge is 2.17. The lowest BCUT2D eigenvalue weighted by molar-refractivity contribution is 0.00815. The maximum Gasteiger partial charge on any atom is 0.0575 e. The maximum atomic E-state index is 5.74. The molecule has 2 unspecified atom stereocenters. The third kappa shape index (κ3) is 3.25. The van der Waals surface area contributed by atoms with Gasteiger partial charge in [-0.2, -0.15) is 0 Å². The first-order valence-corrected chi connectivity index (χ1v) is 6.30. The van der Waals surface area contributed by atoms with Crippen molar-refractivity contribution in [3.63, 3.8) is 0 Å². The standard InChI is InChI=1S/C12H23NO/c1-3-9-13-11(5-1)7-8-12-6-2-4-10-14-12/h11-13H,1-10H2. The summed E-state index contributed by atoms with van der Waals surface area (Å²) in [6.07, 6.45) is 11.3. The van der Waals surface area contributed by atoms with Gasteiger partial charge < -0.3 is 10.1 Å². The van der Waals surface area contributed by atoms with E-state index in [0.717, 1.165) is 12.6 Å². The van der Waals surface area contributed by atoms with Gasteiger partial charge in [0.2, 0.25) is 0 Å². The number of nitrogens with one attached hydrogen (secondary N) is 1. The second-order valence-corrected chi connectivity index (χ2v) is 4.71. The van der Waals surface area contributed by atoms with Gasteiger partial charge >= 0.3 is 0 Å². The van der Waals surface area contributed by atoms with Crippen LogP contribution in [0.15, 0.2) is 0 Å². The minimum absolute atomic E-state index is 0.576. The minimum Gasteiger partial charge on any atom is -0.378 e. The first-order valence-electron chi connectivity index (χ1n) is 6.30. The molecular weight excluding hydrogens is 174 g/mol. The highest BCUT2D eigenvalue weighted by atomic mass is 16.5. The third-order valence-electron chi connectivity index (χ3n) is 3.52. The Bertz CT molecular complexity index is 130. The van der Waals surface area contributed by atoms with Crippen LogP contribution < -0.4 is 5.32 Å². The fourth-order valence-electron chi connectivity index (χ4n) is 2.59. The van der Waals surface area contributed by atoms with Crippen LogP contribution in [-0.2, 0) is 4.74 Å². The largest absolute Gasteiger partial charge is 0.378 e. The molecule has 2 nitrogen and oxygen atoms in total. The lowest BCUT2D eigenvalue weighted by Gasteiger charge is -2.27. The normalized spacial score (nSPS) is 34.3. The molecule has 0 radical (unpaired) electrons. The Labute approximate surface area is 87.4 Å². The highest BCUT2D eigenvalue weighted by molar-refractivity contribution is 4.74. The third-order valence-corrected chi connectivity index (χ3v) is 3.52. The Morgan fingerprint density at radius 3 is 2.64 bits per heavy atom. The van der Waals surface area contributed by atoms with E-state index in [9.17, 15) is 0 Å². The molecule has 14 heavy (non-hydrogen) atoms. The monoisotopic (exact) mass is 197 g/mol. The van der Waals surface area contributed by atoms with E-state index < -0.39 is 0 Å². The van der Waals surface area contributed by atoms with Crippen molar-refractivity contribution >= 4 is 0 Å². The molecular formula is C12H23NO. The second kappa shape index (κ2) is 5.72. The maximum absolute atomic E-state index is 5.74. The smallest absolute Gasteiger partial charge is 0.0575 e. The number of rotatable bonds is 3. The van der Waals surface area contributed by atoms with Gasteiger partial charge in [-0.3, -0.25) is 0 Å². The quantitative estimate of drug-likeness (QED) is 0.750. The molecule has 1 N–H and O–H groups in total. The van der Waals surface area contributed by atoms with Crippen molar-refractivity contribution in [2.24, 2.45) is 0 Å². The summed E-state index contributed by atoms with van der Waals surface area (Å²) < 4.78 is 5.74. The van der Waals surface area contributed by atoms with E-state index in [1.807, 2.05) is 0 Å². The van der Waals surface area contributed by atoms with Gasteiger partial charge in [-0.25, -0.2) is 0 Å². The number of piperidine rings is 1. The SMILES string of the molecule is C1CCC(CCC2CCCCO2)NC1. The first-order chi connectivity index (χ1) is 6.95. The number of hydrogen-bond donors (Lipinski definition) is 1. The number of hydrogen-bond acceptors (Lipinski definition) is 2. The fourth-order valence-corrected chi connectivity index (χ4v) is 2.59. The van der Waals surface area contributed by atoms with Gasteiger partial charge in [-0.05, 0) is 51.5 Å². The van der Waals surface area contributed by atoms with E-state index in [0.29, 0.717) is 6.10 Å². The van der Waals surface area contributed by atoms with Gasteiger partial charge in [0, 0.05) is 12.6 Å². The van der Waals surface area contributed by atoms with Gasteiger partial charge in [0.25, 0.3) is 0 Å². The van der Waals surface area contributed by atoms with Gasteiger partial charge in [0.15, 0.2) is 0 Å². The van der Waals surface area contributed by atoms with Crippen molar-refractivity contribution in [1.82, 2.24) is 5.32 Å². The summed E-state index contributed by atoms with van der Waals surface area (Å²) in [7, 11) is 0. The molecule has 2 atom stereocenters. The lowest BCUT2D eigenvalue weighted by Crippen LogP contribution is -2.35. The fraction of sp³-hybridized carbons (Fsp3) is 1.00. The summed E-state index contributed by atoms with van der Waals surface area (Å²) in [6, 6.07) is 0.786. The average Bonchev–Trinajstić information content (AvgIpc) is 2.29. The van der Waals surface area contributed by atoms with E-state index in [2.05, 4.69) is 5.32 Å². The zero-order chi connectivity index (χ0) is 9.64. The van der Waals surface area contributed by atoms with E-state index in [4.69, 9.17) is 4.74 Å². The molecule has 0 saturated carbocycles. The van der Waals surface area contributed by atoms with Crippen molar-refractivity contribution in [2.45, 2.75) is 63.5 Å². The summed E-state index contributed by atoms with van der Waals surface area (Å²) in [5.41, 5.74) is 0. The van der Waals surface area contributed by atoms with Gasteiger partial charge in [0.05, 0.1) is 6.10 Å². The zero-order valence-corrected chi connectivity index (χ0v) is 9.13. The molecule has 0 bridgehead atoms. The minimum atomic E-state index is 0.576. The van der Waals surface area contributed by atoms with Crippen LogP contribution >= 0.6 is 0 Å². The predicted molar refractivity (Wildman–Crippen MR) is 58.5 cm³/mol. The van der Waals surface area contributed by atoms with Gasteiger partial charge in [-0.1, -0.05) is 6.42 Å². The summed E-state index contributed by atoms with van der Waals surface area (Å²) in [5.74, 6) is 0. The molecule has 0 aliphatic carbocycles. The molecule has 0 aromatic rings. The van der Waals surface area contributed by atoms with E-state index in [-0.39, 0.29) is 0 Å². The Hall–Kier alpha value is -0.0800. The van der Waals surface area contributed by atoms with Gasteiger partial charge in [0.1, 0.15) is 0 Å². The predicted octanol–water partition coefficient (Wildman–Crippen LogP) is 2.48. The van der Waals surface area contributed by atoms with Crippen molar-refractivity contribution in [1.29, 1.82) is 0 Å². The molecule has 2 aliphatic rings. The van der Waals surface area contributed by atoms with E-state index in [1.54, 1.807) is 0 Å². The van der Waals surface area contributed by atoms with Crippen LogP contribution in [0.4, 0.5) is 0 Å². The lowest BCUT2D eigenvalue weighted by atomic mass is 9.96. The molecule has 0 amide bonds. The van der Waals surface area contributed by atoms with Crippen LogP contribution in [-0.4, -0.2) is 25.3 Å². The zero-order valence-electron chi connectivity index (χ0n) is 9.13. The summed E-state index contributed by atoms with van der Waals surface area (Å²) in [4.78, 5) is 0. The second-order valence-electron chi connectivity index (χ2n) is 4.71. The molecule has 2 saturated heterocycles. The summed E-state index contributed by atoms with van der Waals surface area (Å²) in [6.45, 7) is 2.24. The molecule has 2 rings (SSSR count). The van der Waals surface area contributed by atoms with E-state index >= 15 is 0 Å². The Balaban J connectivity index is 1.60. The summed E-state index contributed by atoms with van der Waals surface area (Å²) >= 11 is 0. The Kier molecular flexibility index (Phi) is 4.26. The van der Waals surface area contributed by atoms with Crippen LogP contribution in [0.1, 0.15) is 51.4 Å². The van der Waals surface area contributed by atoms with Crippen molar-refractivity contribution < 1.29 is 4.74 Å². The van der Waals surface area contributed by atoms with Crippen LogP contribution in [0, 0.1) is 0 Å². The Morgan fingerprint density at radius 1 is 1.00 bits per heavy atom.